The Morgan fingerprint density at radius 1 is 0.784 bits per heavy atom. The molecule has 0 spiro atoms. The second-order valence-electron chi connectivity index (χ2n) is 7.97. The number of hydrogen-bond acceptors (Lipinski definition) is 4. The minimum atomic E-state index is -5.69. The molecular weight excluding hydrogens is 654 g/mol. The zero-order valence-corrected chi connectivity index (χ0v) is 24.5. The Kier molecular flexibility index (Phi) is 10.7. The lowest BCUT2D eigenvalue weighted by Gasteiger charge is -2.35. The van der Waals surface area contributed by atoms with Crippen LogP contribution in [0.25, 0.3) is 0 Å². The van der Waals surface area contributed by atoms with Gasteiger partial charge in [0.2, 0.25) is 0 Å². The summed E-state index contributed by atoms with van der Waals surface area (Å²) in [5.74, 6) is -2.12. The van der Waals surface area contributed by atoms with Crippen molar-refractivity contribution >= 4 is 58.3 Å². The summed E-state index contributed by atoms with van der Waals surface area (Å²) in [6.45, 7) is -0.297. The molecular formula is C26H27Br2F2O5S2+. The van der Waals surface area contributed by atoms with Gasteiger partial charge < -0.3 is 4.74 Å². The van der Waals surface area contributed by atoms with Gasteiger partial charge in [0.05, 0.1) is 31.6 Å². The van der Waals surface area contributed by atoms with Gasteiger partial charge in [-0.2, -0.15) is 8.78 Å². The molecule has 3 aromatic carbocycles. The fraction of sp³-hybridized carbons (Fsp3) is 0.269. The van der Waals surface area contributed by atoms with E-state index in [2.05, 4.69) is 40.2 Å². The standard InChI is InChI=1S/C26H26Br2F2O5S2/c27-19-9-1-2-10-20-34-25(31)26(29,30)37(32,33)35-36(22-11-5-3-6-12-22,23-13-7-4-8-14-23)24-17-15-21(28)16-18-24/h3-8,11-18H,1-2,9-10,19-20H2/p+1. The van der Waals surface area contributed by atoms with Gasteiger partial charge in [0.1, 0.15) is 0 Å². The van der Waals surface area contributed by atoms with E-state index in [0.29, 0.717) is 27.5 Å². The van der Waals surface area contributed by atoms with Crippen LogP contribution in [-0.4, -0.2) is 35.2 Å². The lowest BCUT2D eigenvalue weighted by molar-refractivity contribution is -0.161. The average molecular weight is 681 g/mol. The van der Waals surface area contributed by atoms with Crippen molar-refractivity contribution in [2.75, 3.05) is 11.9 Å². The molecule has 0 amide bonds. The van der Waals surface area contributed by atoms with Crippen molar-refractivity contribution in [3.05, 3.63) is 89.4 Å². The Morgan fingerprint density at radius 2 is 1.27 bits per heavy atom. The summed E-state index contributed by atoms with van der Waals surface area (Å²) in [4.78, 5) is 13.6. The summed E-state index contributed by atoms with van der Waals surface area (Å²) in [5.41, 5.74) is 0. The zero-order chi connectivity index (χ0) is 26.9. The fourth-order valence-electron chi connectivity index (χ4n) is 3.50. The first-order valence-electron chi connectivity index (χ1n) is 11.4. The minimum Gasteiger partial charge on any atom is -0.460 e. The van der Waals surface area contributed by atoms with Crippen LogP contribution in [0.2, 0.25) is 0 Å². The highest BCUT2D eigenvalue weighted by molar-refractivity contribution is 9.10. The number of unbranched alkanes of at least 4 members (excludes halogenated alkanes) is 3. The summed E-state index contributed by atoms with van der Waals surface area (Å²) in [7, 11) is -8.82. The van der Waals surface area contributed by atoms with Gasteiger partial charge >= 0.3 is 21.3 Å². The van der Waals surface area contributed by atoms with Crippen LogP contribution in [0.1, 0.15) is 25.7 Å². The molecule has 1 N–H and O–H groups in total. The van der Waals surface area contributed by atoms with Crippen molar-refractivity contribution in [1.82, 2.24) is 0 Å². The van der Waals surface area contributed by atoms with Crippen molar-refractivity contribution in [3.8, 4) is 0 Å². The van der Waals surface area contributed by atoms with E-state index in [0.717, 1.165) is 22.6 Å². The summed E-state index contributed by atoms with van der Waals surface area (Å²) in [6.07, 6.45) is 2.76. The molecule has 0 fully saturated rings. The van der Waals surface area contributed by atoms with Gasteiger partial charge in [-0.25, -0.2) is 4.79 Å². The maximum absolute atomic E-state index is 15.2. The maximum atomic E-state index is 15.2. The molecule has 0 saturated carbocycles. The molecule has 3 rings (SSSR count). The molecule has 0 atom stereocenters. The summed E-state index contributed by atoms with van der Waals surface area (Å²) in [5, 5.41) is -4.05. The second-order valence-corrected chi connectivity index (χ2v) is 14.3. The molecule has 200 valence electrons. The molecule has 3 aromatic rings. The van der Waals surface area contributed by atoms with Gasteiger partial charge in [0, 0.05) is 9.80 Å². The minimum absolute atomic E-state index is 0.297. The molecule has 11 heteroatoms. The van der Waals surface area contributed by atoms with Gasteiger partial charge in [-0.15, -0.1) is 8.42 Å². The molecule has 0 aliphatic heterocycles. The number of esters is 1. The number of hydrogen-bond donors (Lipinski definition) is 0. The van der Waals surface area contributed by atoms with E-state index >= 15 is 8.78 Å². The highest BCUT2D eigenvalue weighted by Gasteiger charge is 2.63. The summed E-state index contributed by atoms with van der Waals surface area (Å²) < 4.78 is 66.3. The number of carbonyl (C=O) groups excluding carboxylic acids is 1. The first kappa shape index (κ1) is 29.8. The highest BCUT2D eigenvalue weighted by Crippen LogP contribution is 2.68. The quantitative estimate of drug-likeness (QED) is 0.0600. The largest absolute Gasteiger partial charge is 0.514 e. The van der Waals surface area contributed by atoms with Crippen LogP contribution in [-0.2, 0) is 19.6 Å². The zero-order valence-electron chi connectivity index (χ0n) is 19.7. The van der Waals surface area contributed by atoms with Crippen LogP contribution in [0.4, 0.5) is 8.78 Å². The molecule has 0 radical (unpaired) electrons. The molecule has 37 heavy (non-hydrogen) atoms. The first-order chi connectivity index (χ1) is 17.6. The van der Waals surface area contributed by atoms with E-state index in [1.807, 2.05) is 0 Å². The predicted molar refractivity (Wildman–Crippen MR) is 149 cm³/mol. The van der Waals surface area contributed by atoms with Gasteiger partial charge in [0.25, 0.3) is 0 Å². The third-order valence-electron chi connectivity index (χ3n) is 5.36. The van der Waals surface area contributed by atoms with Crippen molar-refractivity contribution in [2.45, 2.75) is 45.6 Å². The van der Waals surface area contributed by atoms with E-state index in [4.69, 9.17) is 0 Å². The van der Waals surface area contributed by atoms with Crippen LogP contribution in [0.15, 0.2) is 104 Å². The fourth-order valence-corrected chi connectivity index (χ4v) is 9.47. The normalized spacial score (nSPS) is 12.8. The smallest absolute Gasteiger partial charge is 0.460 e. The van der Waals surface area contributed by atoms with Crippen LogP contribution < -0.4 is 0 Å². The number of carbonyl (C=O) groups is 1. The van der Waals surface area contributed by atoms with E-state index < -0.39 is 31.7 Å². The Morgan fingerprint density at radius 3 is 1.78 bits per heavy atom. The average Bonchev–Trinajstić information content (AvgIpc) is 2.90. The van der Waals surface area contributed by atoms with Crippen molar-refractivity contribution in [3.63, 3.8) is 0 Å². The summed E-state index contributed by atoms with van der Waals surface area (Å²) >= 11 is 6.66. The molecule has 0 saturated heterocycles. The van der Waals surface area contributed by atoms with Crippen molar-refractivity contribution in [2.24, 2.45) is 0 Å². The van der Waals surface area contributed by atoms with Crippen LogP contribution in [0.3, 0.4) is 0 Å². The topological polar surface area (TPSA) is 73.2 Å². The van der Waals surface area contributed by atoms with Crippen LogP contribution in [0.5, 0.6) is 0 Å². The predicted octanol–water partition coefficient (Wildman–Crippen LogP) is 8.16. The SMILES string of the molecule is O=C(OCCCCCCBr)C(F)(F)S(=O)(=O)[OH+]S(c1ccccc1)(c1ccccc1)c1ccc(Br)cc1. The van der Waals surface area contributed by atoms with Gasteiger partial charge in [-0.3, -0.25) is 3.63 Å². The Labute approximate surface area is 234 Å². The van der Waals surface area contributed by atoms with Gasteiger partial charge in [-0.1, -0.05) is 81.1 Å². The van der Waals surface area contributed by atoms with Crippen LogP contribution in [0, 0.1) is 0 Å². The highest BCUT2D eigenvalue weighted by atomic mass is 79.9. The maximum Gasteiger partial charge on any atom is 0.514 e. The van der Waals surface area contributed by atoms with E-state index in [-0.39, 0.29) is 6.61 Å². The third kappa shape index (κ3) is 7.00. The lowest BCUT2D eigenvalue weighted by atomic mass is 10.2. The lowest BCUT2D eigenvalue weighted by Crippen LogP contribution is -2.42. The second kappa shape index (κ2) is 13.3. The molecule has 0 unspecified atom stereocenters. The number of benzene rings is 3. The first-order valence-corrected chi connectivity index (χ1v) is 16.4. The van der Waals surface area contributed by atoms with E-state index in [1.165, 1.54) is 0 Å². The number of rotatable bonds is 13. The Balaban J connectivity index is 2.04. The monoisotopic (exact) mass is 679 g/mol. The molecule has 0 heterocycles. The Bertz CT molecular complexity index is 1220. The van der Waals surface area contributed by atoms with Crippen molar-refractivity contribution in [1.29, 1.82) is 0 Å². The summed E-state index contributed by atoms with van der Waals surface area (Å²) in [6, 6.07) is 23.4. The van der Waals surface area contributed by atoms with E-state index in [9.17, 15) is 13.2 Å². The van der Waals surface area contributed by atoms with Gasteiger partial charge in [0.15, 0.2) is 0 Å². The molecule has 0 aromatic heterocycles. The van der Waals surface area contributed by atoms with Gasteiger partial charge in [-0.05, 0) is 61.4 Å². The van der Waals surface area contributed by atoms with Crippen LogP contribution >= 0.6 is 42.2 Å². The van der Waals surface area contributed by atoms with E-state index in [1.54, 1.807) is 84.9 Å². The molecule has 0 aliphatic carbocycles. The molecule has 0 aliphatic rings. The number of ether oxygens (including phenoxy) is 1. The van der Waals surface area contributed by atoms with Crippen molar-refractivity contribution < 1.29 is 30.4 Å². The molecule has 0 bridgehead atoms. The number of halogens is 4. The Hall–Kier alpha value is -1.79. The third-order valence-corrected chi connectivity index (χ3v) is 11.8. The number of alkyl halides is 3. The molecule has 5 nitrogen and oxygen atoms in total.